The predicted octanol–water partition coefficient (Wildman–Crippen LogP) is 1.72. The van der Waals surface area contributed by atoms with Crippen LogP contribution >= 0.6 is 0 Å². The first kappa shape index (κ1) is 20.2. The molecule has 2 fully saturated rings. The van der Waals surface area contributed by atoms with Crippen LogP contribution in [0.3, 0.4) is 0 Å². The van der Waals surface area contributed by atoms with Crippen molar-refractivity contribution < 1.29 is 14.4 Å². The van der Waals surface area contributed by atoms with E-state index in [0.29, 0.717) is 26.2 Å². The Morgan fingerprint density at radius 2 is 1.39 bits per heavy atom. The molecule has 0 unspecified atom stereocenters. The Hall–Kier alpha value is -2.57. The third-order valence-corrected chi connectivity index (χ3v) is 5.63. The van der Waals surface area contributed by atoms with E-state index in [9.17, 15) is 14.4 Å². The highest BCUT2D eigenvalue weighted by Crippen LogP contribution is 2.24. The lowest BCUT2D eigenvalue weighted by Crippen LogP contribution is -2.52. The zero-order valence-electron chi connectivity index (χ0n) is 16.9. The second-order valence-electron chi connectivity index (χ2n) is 7.56. The summed E-state index contributed by atoms with van der Waals surface area (Å²) in [4.78, 5) is 43.7. The Morgan fingerprint density at radius 3 is 1.93 bits per heavy atom. The lowest BCUT2D eigenvalue weighted by Gasteiger charge is -2.35. The van der Waals surface area contributed by atoms with Gasteiger partial charge in [-0.2, -0.15) is 0 Å². The molecule has 2 heterocycles. The van der Waals surface area contributed by atoms with Crippen LogP contribution in [0.4, 0.5) is 11.4 Å². The fourth-order valence-corrected chi connectivity index (χ4v) is 3.89. The Kier molecular flexibility index (Phi) is 6.54. The highest BCUT2D eigenvalue weighted by atomic mass is 16.2. The fourth-order valence-electron chi connectivity index (χ4n) is 3.89. The highest BCUT2D eigenvalue weighted by molar-refractivity contribution is 5.97. The van der Waals surface area contributed by atoms with Crippen LogP contribution in [-0.4, -0.2) is 73.3 Å². The summed E-state index contributed by atoms with van der Waals surface area (Å²) in [5.74, 6) is -0.203. The van der Waals surface area contributed by atoms with Crippen molar-refractivity contribution in [1.82, 2.24) is 9.80 Å². The number of piperidine rings is 1. The SMILES string of the molecule is CC(=O)N1CCN(C(=O)CN(C(C)=O)c2ccc(N3CCCCC3)cc2)CC1. The zero-order valence-corrected chi connectivity index (χ0v) is 16.9. The normalized spacial score (nSPS) is 17.4. The molecule has 2 aliphatic rings. The summed E-state index contributed by atoms with van der Waals surface area (Å²) in [5, 5.41) is 0. The minimum atomic E-state index is -0.151. The second kappa shape index (κ2) is 9.08. The van der Waals surface area contributed by atoms with Crippen LogP contribution in [0, 0.1) is 0 Å². The molecule has 1 aromatic carbocycles. The molecule has 0 saturated carbocycles. The molecule has 0 N–H and O–H groups in total. The number of benzene rings is 1. The van der Waals surface area contributed by atoms with Crippen molar-refractivity contribution in [1.29, 1.82) is 0 Å². The molecule has 0 aliphatic carbocycles. The van der Waals surface area contributed by atoms with Gasteiger partial charge in [0.2, 0.25) is 17.7 Å². The van der Waals surface area contributed by atoms with Gasteiger partial charge in [0.1, 0.15) is 6.54 Å². The number of anilines is 2. The fraction of sp³-hybridized carbons (Fsp3) is 0.571. The van der Waals surface area contributed by atoms with Crippen molar-refractivity contribution in [3.63, 3.8) is 0 Å². The molecular weight excluding hydrogens is 356 g/mol. The largest absolute Gasteiger partial charge is 0.372 e. The zero-order chi connectivity index (χ0) is 20.1. The summed E-state index contributed by atoms with van der Waals surface area (Å²) >= 11 is 0. The molecule has 2 aliphatic heterocycles. The van der Waals surface area contributed by atoms with Crippen molar-refractivity contribution in [2.75, 3.05) is 55.6 Å². The molecule has 0 bridgehead atoms. The van der Waals surface area contributed by atoms with Crippen molar-refractivity contribution in [3.8, 4) is 0 Å². The van der Waals surface area contributed by atoms with Gasteiger partial charge >= 0.3 is 0 Å². The van der Waals surface area contributed by atoms with E-state index in [-0.39, 0.29) is 24.3 Å². The maximum absolute atomic E-state index is 12.7. The van der Waals surface area contributed by atoms with Gasteiger partial charge in [0.25, 0.3) is 0 Å². The summed E-state index contributed by atoms with van der Waals surface area (Å²) in [5.41, 5.74) is 1.91. The number of nitrogens with zero attached hydrogens (tertiary/aromatic N) is 4. The molecule has 3 amide bonds. The smallest absolute Gasteiger partial charge is 0.242 e. The molecule has 0 aromatic heterocycles. The first-order valence-corrected chi connectivity index (χ1v) is 10.1. The highest BCUT2D eigenvalue weighted by Gasteiger charge is 2.25. The van der Waals surface area contributed by atoms with E-state index >= 15 is 0 Å². The standard InChI is InChI=1S/C21H30N4O3/c1-17(26)22-12-14-24(15-13-22)21(28)16-25(18(2)27)20-8-6-19(7-9-20)23-10-4-3-5-11-23/h6-9H,3-5,10-16H2,1-2H3. The van der Waals surface area contributed by atoms with Crippen molar-refractivity contribution in [2.45, 2.75) is 33.1 Å². The van der Waals surface area contributed by atoms with Gasteiger partial charge in [0.05, 0.1) is 0 Å². The Bertz CT molecular complexity index is 705. The number of hydrogen-bond acceptors (Lipinski definition) is 4. The molecule has 0 radical (unpaired) electrons. The van der Waals surface area contributed by atoms with E-state index < -0.39 is 0 Å². The number of rotatable bonds is 4. The van der Waals surface area contributed by atoms with Crippen molar-refractivity contribution >= 4 is 29.1 Å². The van der Waals surface area contributed by atoms with Crippen molar-refractivity contribution in [2.24, 2.45) is 0 Å². The quantitative estimate of drug-likeness (QED) is 0.790. The van der Waals surface area contributed by atoms with Gasteiger partial charge in [-0.1, -0.05) is 0 Å². The Balaban J connectivity index is 1.62. The van der Waals surface area contributed by atoms with Crippen LogP contribution < -0.4 is 9.80 Å². The molecule has 2 saturated heterocycles. The molecule has 1 aromatic rings. The topological polar surface area (TPSA) is 64.2 Å². The van der Waals surface area contributed by atoms with Crippen LogP contribution in [0.5, 0.6) is 0 Å². The first-order valence-electron chi connectivity index (χ1n) is 10.1. The van der Waals surface area contributed by atoms with Gasteiger partial charge in [-0.3, -0.25) is 14.4 Å². The van der Waals surface area contributed by atoms with Gasteiger partial charge in [-0.05, 0) is 43.5 Å². The van der Waals surface area contributed by atoms with E-state index in [1.165, 1.54) is 36.8 Å². The summed E-state index contributed by atoms with van der Waals surface area (Å²) < 4.78 is 0. The van der Waals surface area contributed by atoms with Crippen LogP contribution in [0.15, 0.2) is 24.3 Å². The van der Waals surface area contributed by atoms with Gasteiger partial charge in [-0.15, -0.1) is 0 Å². The van der Waals surface area contributed by atoms with E-state index in [0.717, 1.165) is 18.8 Å². The average Bonchev–Trinajstić information content (AvgIpc) is 2.72. The van der Waals surface area contributed by atoms with Crippen LogP contribution in [0.2, 0.25) is 0 Å². The molecule has 152 valence electrons. The van der Waals surface area contributed by atoms with Crippen molar-refractivity contribution in [3.05, 3.63) is 24.3 Å². The summed E-state index contributed by atoms with van der Waals surface area (Å²) in [6, 6.07) is 7.91. The first-order chi connectivity index (χ1) is 13.5. The molecule has 0 atom stereocenters. The third kappa shape index (κ3) is 4.82. The second-order valence-corrected chi connectivity index (χ2v) is 7.56. The van der Waals surface area contributed by atoms with Crippen LogP contribution in [0.1, 0.15) is 33.1 Å². The summed E-state index contributed by atoms with van der Waals surface area (Å²) in [6.07, 6.45) is 3.72. The average molecular weight is 386 g/mol. The lowest BCUT2D eigenvalue weighted by molar-refractivity contribution is -0.137. The minimum Gasteiger partial charge on any atom is -0.372 e. The van der Waals surface area contributed by atoms with E-state index in [1.807, 2.05) is 24.3 Å². The van der Waals surface area contributed by atoms with E-state index in [1.54, 1.807) is 16.7 Å². The maximum Gasteiger partial charge on any atom is 0.242 e. The van der Waals surface area contributed by atoms with Gasteiger partial charge < -0.3 is 19.6 Å². The van der Waals surface area contributed by atoms with Gasteiger partial charge in [0.15, 0.2) is 0 Å². The predicted molar refractivity (Wildman–Crippen MR) is 109 cm³/mol. The maximum atomic E-state index is 12.7. The van der Waals surface area contributed by atoms with Crippen LogP contribution in [0.25, 0.3) is 0 Å². The van der Waals surface area contributed by atoms with Gasteiger partial charge in [0, 0.05) is 64.5 Å². The summed E-state index contributed by atoms with van der Waals surface area (Å²) in [6.45, 7) is 7.31. The minimum absolute atomic E-state index is 0.0263. The monoisotopic (exact) mass is 386 g/mol. The number of amides is 3. The molecule has 0 spiro atoms. The van der Waals surface area contributed by atoms with Gasteiger partial charge in [-0.25, -0.2) is 0 Å². The van der Waals surface area contributed by atoms with E-state index in [4.69, 9.17) is 0 Å². The lowest BCUT2D eigenvalue weighted by atomic mass is 10.1. The number of hydrogen-bond donors (Lipinski definition) is 0. The Morgan fingerprint density at radius 1 is 0.821 bits per heavy atom. The molecular formula is C21H30N4O3. The molecule has 28 heavy (non-hydrogen) atoms. The molecule has 7 heteroatoms. The summed E-state index contributed by atoms with van der Waals surface area (Å²) in [7, 11) is 0. The Labute approximate surface area is 166 Å². The number of carbonyl (C=O) groups is 3. The number of carbonyl (C=O) groups excluding carboxylic acids is 3. The van der Waals surface area contributed by atoms with Crippen LogP contribution in [-0.2, 0) is 14.4 Å². The molecule has 7 nitrogen and oxygen atoms in total. The molecule has 3 rings (SSSR count). The number of piperazine rings is 1. The van der Waals surface area contributed by atoms with E-state index in [2.05, 4.69) is 4.90 Å². The third-order valence-electron chi connectivity index (χ3n) is 5.63.